The Balaban J connectivity index is 2.31. The minimum atomic E-state index is -4.73. The number of amides is 1. The normalized spacial score (nSPS) is 18.7. The predicted molar refractivity (Wildman–Crippen MR) is 75.1 cm³/mol. The molecule has 0 radical (unpaired) electrons. The Morgan fingerprint density at radius 1 is 1.50 bits per heavy atom. The number of nitro benzene ring substituents is 1. The molecule has 0 spiro atoms. The molecule has 22 heavy (non-hydrogen) atoms. The summed E-state index contributed by atoms with van der Waals surface area (Å²) in [6, 6.07) is 1.84. The highest BCUT2D eigenvalue weighted by atomic mass is 35.5. The van der Waals surface area contributed by atoms with E-state index in [1.54, 1.807) is 0 Å². The molecule has 1 unspecified atom stereocenters. The van der Waals surface area contributed by atoms with Crippen molar-refractivity contribution in [2.24, 2.45) is 5.92 Å². The zero-order chi connectivity index (χ0) is 16.7. The van der Waals surface area contributed by atoms with Gasteiger partial charge < -0.3 is 10.0 Å². The fraction of sp³-hybridized carbons (Fsp3) is 0.364. The summed E-state index contributed by atoms with van der Waals surface area (Å²) in [5.74, 6) is -2.66. The number of phenolic OH excluding ortho intramolecular Hbond substituents is 1. The van der Waals surface area contributed by atoms with Crippen molar-refractivity contribution in [1.82, 2.24) is 0 Å². The highest BCUT2D eigenvalue weighted by molar-refractivity contribution is 7.86. The van der Waals surface area contributed by atoms with Gasteiger partial charge in [0.05, 0.1) is 22.4 Å². The van der Waals surface area contributed by atoms with E-state index in [0.29, 0.717) is 0 Å². The van der Waals surface area contributed by atoms with E-state index in [1.807, 2.05) is 0 Å². The van der Waals surface area contributed by atoms with Gasteiger partial charge in [0.2, 0.25) is 5.91 Å². The van der Waals surface area contributed by atoms with Gasteiger partial charge in [0.15, 0.2) is 0 Å². The van der Waals surface area contributed by atoms with Crippen LogP contribution in [0.2, 0.25) is 5.02 Å². The summed E-state index contributed by atoms with van der Waals surface area (Å²) in [7, 11) is -4.73. The van der Waals surface area contributed by atoms with Gasteiger partial charge in [-0.1, -0.05) is 11.6 Å². The van der Waals surface area contributed by atoms with Crippen molar-refractivity contribution in [3.05, 3.63) is 27.3 Å². The number of nitrogens with zero attached hydrogens (tertiary/aromatic N) is 2. The standard InChI is InChI=1S/C11H10ClFN2O6S/c12-7-2-9(10(16)3-8(7)15(18)19)14-4-6(1-11(14)17)5-22(13,20)21/h2-3,6,16H,1,4-5H2. The lowest BCUT2D eigenvalue weighted by Gasteiger charge is -2.18. The third-order valence-electron chi connectivity index (χ3n) is 3.17. The summed E-state index contributed by atoms with van der Waals surface area (Å²) in [6.45, 7) is -0.135. The number of benzene rings is 1. The number of carbonyl (C=O) groups excluding carboxylic acids is 1. The Morgan fingerprint density at radius 2 is 2.14 bits per heavy atom. The molecule has 0 saturated carbocycles. The molecule has 11 heteroatoms. The molecule has 1 atom stereocenters. The third-order valence-corrected chi connectivity index (χ3v) is 4.34. The minimum absolute atomic E-state index is 0.0839. The maximum Gasteiger partial charge on any atom is 0.302 e. The lowest BCUT2D eigenvalue weighted by atomic mass is 10.1. The van der Waals surface area contributed by atoms with Gasteiger partial charge in [0.1, 0.15) is 10.8 Å². The maximum absolute atomic E-state index is 12.7. The van der Waals surface area contributed by atoms with Gasteiger partial charge in [0, 0.05) is 18.9 Å². The van der Waals surface area contributed by atoms with Crippen molar-refractivity contribution in [1.29, 1.82) is 0 Å². The van der Waals surface area contributed by atoms with Gasteiger partial charge >= 0.3 is 10.2 Å². The first kappa shape index (κ1) is 16.4. The molecule has 1 aliphatic heterocycles. The number of hydrogen-bond donors (Lipinski definition) is 1. The lowest BCUT2D eigenvalue weighted by Crippen LogP contribution is -2.25. The van der Waals surface area contributed by atoms with Crippen LogP contribution in [0.15, 0.2) is 12.1 Å². The van der Waals surface area contributed by atoms with Crippen LogP contribution in [0.3, 0.4) is 0 Å². The van der Waals surface area contributed by atoms with Crippen molar-refractivity contribution >= 4 is 39.1 Å². The zero-order valence-electron chi connectivity index (χ0n) is 10.9. The van der Waals surface area contributed by atoms with E-state index in [-0.39, 0.29) is 23.7 Å². The smallest absolute Gasteiger partial charge is 0.302 e. The van der Waals surface area contributed by atoms with E-state index >= 15 is 0 Å². The molecule has 0 bridgehead atoms. The first-order valence-corrected chi connectivity index (χ1v) is 7.91. The van der Waals surface area contributed by atoms with Crippen LogP contribution in [0.5, 0.6) is 5.75 Å². The minimum Gasteiger partial charge on any atom is -0.505 e. The van der Waals surface area contributed by atoms with Gasteiger partial charge in [-0.25, -0.2) is 0 Å². The molecule has 1 aliphatic rings. The Hall–Kier alpha value is -1.94. The van der Waals surface area contributed by atoms with Crippen LogP contribution in [0.25, 0.3) is 0 Å². The van der Waals surface area contributed by atoms with E-state index in [4.69, 9.17) is 11.6 Å². The third kappa shape index (κ3) is 3.45. The summed E-state index contributed by atoms with van der Waals surface area (Å²) >= 11 is 5.72. The van der Waals surface area contributed by atoms with Crippen molar-refractivity contribution in [2.75, 3.05) is 17.2 Å². The summed E-state index contributed by atoms with van der Waals surface area (Å²) in [5, 5.41) is 20.2. The second kappa shape index (κ2) is 5.69. The average Bonchev–Trinajstić information content (AvgIpc) is 2.69. The molecule has 1 amide bonds. The lowest BCUT2D eigenvalue weighted by molar-refractivity contribution is -0.384. The molecule has 1 saturated heterocycles. The summed E-state index contributed by atoms with van der Waals surface area (Å²) in [5.41, 5.74) is -0.614. The molecular weight excluding hydrogens is 343 g/mol. The quantitative estimate of drug-likeness (QED) is 0.499. The van der Waals surface area contributed by atoms with E-state index in [0.717, 1.165) is 17.0 Å². The fourth-order valence-corrected chi connectivity index (χ4v) is 3.32. The van der Waals surface area contributed by atoms with Crippen LogP contribution in [-0.4, -0.2) is 36.7 Å². The summed E-state index contributed by atoms with van der Waals surface area (Å²) < 4.78 is 34.0. The SMILES string of the molecule is O=C1CC(CS(=O)(=O)F)CN1c1cc(Cl)c([N+](=O)[O-])cc1O. The molecule has 1 fully saturated rings. The Kier molecular flexibility index (Phi) is 4.25. The van der Waals surface area contributed by atoms with Gasteiger partial charge in [-0.2, -0.15) is 8.42 Å². The average molecular weight is 353 g/mol. The second-order valence-electron chi connectivity index (χ2n) is 4.83. The van der Waals surface area contributed by atoms with Crippen LogP contribution < -0.4 is 4.90 Å². The van der Waals surface area contributed by atoms with E-state index in [1.165, 1.54) is 0 Å². The first-order valence-electron chi connectivity index (χ1n) is 5.98. The number of nitro groups is 1. The second-order valence-corrected chi connectivity index (χ2v) is 6.65. The van der Waals surface area contributed by atoms with Crippen LogP contribution in [-0.2, 0) is 15.0 Å². The van der Waals surface area contributed by atoms with Crippen LogP contribution in [0.1, 0.15) is 6.42 Å². The Morgan fingerprint density at radius 3 is 2.68 bits per heavy atom. The number of halogens is 2. The predicted octanol–water partition coefficient (Wildman–Crippen LogP) is 1.61. The van der Waals surface area contributed by atoms with E-state index in [2.05, 4.69) is 0 Å². The highest BCUT2D eigenvalue weighted by Crippen LogP contribution is 2.39. The number of aromatic hydroxyl groups is 1. The van der Waals surface area contributed by atoms with Crippen LogP contribution >= 0.6 is 11.6 Å². The Labute approximate surface area is 129 Å². The first-order chi connectivity index (χ1) is 10.1. The van der Waals surface area contributed by atoms with Crippen LogP contribution in [0, 0.1) is 16.0 Å². The largest absolute Gasteiger partial charge is 0.505 e. The number of carbonyl (C=O) groups is 1. The Bertz CT molecular complexity index is 753. The van der Waals surface area contributed by atoms with Crippen molar-refractivity contribution < 1.29 is 27.1 Å². The van der Waals surface area contributed by atoms with Crippen molar-refractivity contribution in [3.63, 3.8) is 0 Å². The molecule has 120 valence electrons. The molecule has 1 heterocycles. The van der Waals surface area contributed by atoms with E-state index in [9.17, 15) is 32.3 Å². The van der Waals surface area contributed by atoms with E-state index < -0.39 is 44.2 Å². The number of hydrogen-bond acceptors (Lipinski definition) is 6. The molecule has 1 aromatic carbocycles. The van der Waals surface area contributed by atoms with Gasteiger partial charge in [-0.3, -0.25) is 14.9 Å². The zero-order valence-corrected chi connectivity index (χ0v) is 12.5. The monoisotopic (exact) mass is 352 g/mol. The number of rotatable bonds is 4. The summed E-state index contributed by atoms with van der Waals surface area (Å²) in [6.07, 6.45) is -0.211. The fourth-order valence-electron chi connectivity index (χ4n) is 2.30. The van der Waals surface area contributed by atoms with Gasteiger partial charge in [0.25, 0.3) is 5.69 Å². The molecule has 1 aromatic rings. The van der Waals surface area contributed by atoms with Crippen molar-refractivity contribution in [2.45, 2.75) is 6.42 Å². The molecule has 2 rings (SSSR count). The number of anilines is 1. The van der Waals surface area contributed by atoms with Gasteiger partial charge in [-0.05, 0) is 6.07 Å². The van der Waals surface area contributed by atoms with Crippen molar-refractivity contribution in [3.8, 4) is 5.75 Å². The molecular formula is C11H10ClFN2O6S. The topological polar surface area (TPSA) is 118 Å². The van der Waals surface area contributed by atoms with Crippen LogP contribution in [0.4, 0.5) is 15.3 Å². The molecule has 1 N–H and O–H groups in total. The molecule has 8 nitrogen and oxygen atoms in total. The summed E-state index contributed by atoms with van der Waals surface area (Å²) in [4.78, 5) is 22.8. The number of phenols is 1. The van der Waals surface area contributed by atoms with Gasteiger partial charge in [-0.15, -0.1) is 3.89 Å². The maximum atomic E-state index is 12.7. The molecule has 0 aliphatic carbocycles. The molecule has 0 aromatic heterocycles. The highest BCUT2D eigenvalue weighted by Gasteiger charge is 2.35.